The Hall–Kier alpha value is -3.42. The maximum Gasteiger partial charge on any atom is 0.417 e. The standard InChI is InChI=1S/C20H12Cl2F3N5O2/c1-10-14(9-28-30(10)17-5-2-11(8-27-17)20(23,24)25)18(31)13(7-26)19(32)29-16-4-3-12(21)6-15(16)22/h2-6,8-9,13H,1H3,(H,29,32). The monoisotopic (exact) mass is 481 g/mol. The zero-order valence-electron chi connectivity index (χ0n) is 16.1. The van der Waals surface area contributed by atoms with Crippen molar-refractivity contribution in [1.82, 2.24) is 14.8 Å². The summed E-state index contributed by atoms with van der Waals surface area (Å²) >= 11 is 11.8. The van der Waals surface area contributed by atoms with Crippen molar-refractivity contribution in [3.63, 3.8) is 0 Å². The Labute approximate surface area is 189 Å². The molecule has 1 unspecified atom stereocenters. The van der Waals surface area contributed by atoms with Crippen molar-refractivity contribution in [3.05, 3.63) is 69.6 Å². The Bertz CT molecular complexity index is 1230. The van der Waals surface area contributed by atoms with Crippen LogP contribution in [0.25, 0.3) is 5.82 Å². The van der Waals surface area contributed by atoms with Gasteiger partial charge in [0.1, 0.15) is 0 Å². The number of nitrogens with zero attached hydrogens (tertiary/aromatic N) is 4. The summed E-state index contributed by atoms with van der Waals surface area (Å²) in [6, 6.07) is 7.83. The minimum Gasteiger partial charge on any atom is -0.323 e. The largest absolute Gasteiger partial charge is 0.417 e. The van der Waals surface area contributed by atoms with E-state index >= 15 is 0 Å². The van der Waals surface area contributed by atoms with Crippen molar-refractivity contribution < 1.29 is 22.8 Å². The lowest BCUT2D eigenvalue weighted by Crippen LogP contribution is -2.29. The maximum absolute atomic E-state index is 12.8. The topological polar surface area (TPSA) is 101 Å². The molecule has 0 aliphatic rings. The lowest BCUT2D eigenvalue weighted by Gasteiger charge is -2.11. The molecule has 1 amide bonds. The summed E-state index contributed by atoms with van der Waals surface area (Å²) in [5.41, 5.74) is -0.643. The zero-order chi connectivity index (χ0) is 23.6. The van der Waals surface area contributed by atoms with Gasteiger partial charge >= 0.3 is 6.18 Å². The van der Waals surface area contributed by atoms with Gasteiger partial charge in [0.05, 0.1) is 39.8 Å². The fourth-order valence-electron chi connectivity index (χ4n) is 2.75. The van der Waals surface area contributed by atoms with Gasteiger partial charge < -0.3 is 5.32 Å². The first-order chi connectivity index (χ1) is 15.0. The lowest BCUT2D eigenvalue weighted by molar-refractivity contribution is -0.137. The number of nitrogens with one attached hydrogen (secondary N) is 1. The van der Waals surface area contributed by atoms with E-state index in [1.807, 2.05) is 0 Å². The molecular weight excluding hydrogens is 470 g/mol. The number of alkyl halides is 3. The first kappa shape index (κ1) is 23.2. The van der Waals surface area contributed by atoms with E-state index in [-0.39, 0.29) is 27.8 Å². The van der Waals surface area contributed by atoms with Crippen LogP contribution in [0.5, 0.6) is 0 Å². The molecule has 0 saturated heterocycles. The van der Waals surface area contributed by atoms with Crippen molar-refractivity contribution >= 4 is 40.6 Å². The van der Waals surface area contributed by atoms with E-state index in [1.54, 1.807) is 6.07 Å². The molecule has 3 rings (SSSR count). The number of benzene rings is 1. The molecule has 2 aromatic heterocycles. The van der Waals surface area contributed by atoms with Gasteiger partial charge in [-0.2, -0.15) is 23.5 Å². The number of pyridine rings is 1. The number of ketones is 1. The van der Waals surface area contributed by atoms with Crippen LogP contribution in [0.1, 0.15) is 21.6 Å². The Morgan fingerprint density at radius 1 is 1.19 bits per heavy atom. The van der Waals surface area contributed by atoms with Gasteiger partial charge in [0.25, 0.3) is 0 Å². The van der Waals surface area contributed by atoms with Gasteiger partial charge in [-0.15, -0.1) is 0 Å². The quantitative estimate of drug-likeness (QED) is 0.414. The van der Waals surface area contributed by atoms with Gasteiger partial charge in [0.2, 0.25) is 5.91 Å². The molecule has 0 bridgehead atoms. The molecule has 0 aliphatic heterocycles. The van der Waals surface area contributed by atoms with Crippen LogP contribution in [0.2, 0.25) is 10.0 Å². The molecular formula is C20H12Cl2F3N5O2. The molecule has 12 heteroatoms. The van der Waals surface area contributed by atoms with Crippen LogP contribution in [0, 0.1) is 24.2 Å². The zero-order valence-corrected chi connectivity index (χ0v) is 17.6. The third kappa shape index (κ3) is 4.74. The predicted octanol–water partition coefficient (Wildman–Crippen LogP) is 4.86. The Morgan fingerprint density at radius 2 is 1.91 bits per heavy atom. The van der Waals surface area contributed by atoms with E-state index < -0.39 is 29.3 Å². The summed E-state index contributed by atoms with van der Waals surface area (Å²) in [5.74, 6) is -3.45. The highest BCUT2D eigenvalue weighted by Gasteiger charge is 2.32. The molecule has 0 fully saturated rings. The number of amides is 1. The van der Waals surface area contributed by atoms with Gasteiger partial charge in [0.15, 0.2) is 17.5 Å². The molecule has 1 atom stereocenters. The van der Waals surface area contributed by atoms with Crippen LogP contribution < -0.4 is 5.32 Å². The molecule has 164 valence electrons. The number of halogens is 5. The number of carbonyl (C=O) groups excluding carboxylic acids is 2. The molecule has 0 saturated carbocycles. The van der Waals surface area contributed by atoms with Crippen LogP contribution in [0.4, 0.5) is 18.9 Å². The van der Waals surface area contributed by atoms with E-state index in [4.69, 9.17) is 23.2 Å². The Kier molecular flexibility index (Phi) is 6.52. The summed E-state index contributed by atoms with van der Waals surface area (Å²) in [7, 11) is 0. The molecule has 3 aromatic rings. The summed E-state index contributed by atoms with van der Waals surface area (Å²) in [6.07, 6.45) is -2.80. The highest BCUT2D eigenvalue weighted by atomic mass is 35.5. The van der Waals surface area contributed by atoms with Crippen LogP contribution in [0.3, 0.4) is 0 Å². The number of Topliss-reactive ketones (excluding diaryl/α,β-unsaturated/α-hetero) is 1. The smallest absolute Gasteiger partial charge is 0.323 e. The summed E-state index contributed by atoms with van der Waals surface area (Å²) in [6.45, 7) is 1.46. The minimum absolute atomic E-state index is 0.0282. The molecule has 0 spiro atoms. The number of aromatic nitrogens is 3. The molecule has 7 nitrogen and oxygen atoms in total. The maximum atomic E-state index is 12.8. The van der Waals surface area contributed by atoms with Crippen molar-refractivity contribution in [2.45, 2.75) is 13.1 Å². The van der Waals surface area contributed by atoms with Crippen LogP contribution in [-0.4, -0.2) is 26.5 Å². The number of rotatable bonds is 5. The van der Waals surface area contributed by atoms with Gasteiger partial charge in [-0.25, -0.2) is 9.67 Å². The van der Waals surface area contributed by atoms with Crippen LogP contribution in [0.15, 0.2) is 42.7 Å². The fourth-order valence-corrected chi connectivity index (χ4v) is 3.20. The van der Waals surface area contributed by atoms with Gasteiger partial charge in [-0.3, -0.25) is 9.59 Å². The van der Waals surface area contributed by atoms with Gasteiger partial charge in [0, 0.05) is 11.2 Å². The summed E-state index contributed by atoms with van der Waals surface area (Å²) in [4.78, 5) is 29.1. The molecule has 32 heavy (non-hydrogen) atoms. The van der Waals surface area contributed by atoms with E-state index in [2.05, 4.69) is 15.4 Å². The molecule has 0 radical (unpaired) electrons. The second-order valence-electron chi connectivity index (χ2n) is 6.50. The van der Waals surface area contributed by atoms with Gasteiger partial charge in [-0.05, 0) is 37.3 Å². The molecule has 0 aliphatic carbocycles. The van der Waals surface area contributed by atoms with Gasteiger partial charge in [-0.1, -0.05) is 23.2 Å². The normalized spacial score (nSPS) is 12.2. The summed E-state index contributed by atoms with van der Waals surface area (Å²) in [5, 5.41) is 16.2. The van der Waals surface area contributed by atoms with Crippen molar-refractivity contribution in [1.29, 1.82) is 5.26 Å². The minimum atomic E-state index is -4.55. The van der Waals surface area contributed by atoms with Crippen molar-refractivity contribution in [2.24, 2.45) is 5.92 Å². The molecule has 1 aromatic carbocycles. The second kappa shape index (κ2) is 8.98. The number of carbonyl (C=O) groups is 2. The van der Waals surface area contributed by atoms with Crippen LogP contribution >= 0.6 is 23.2 Å². The van der Waals surface area contributed by atoms with Crippen LogP contribution in [-0.2, 0) is 11.0 Å². The highest BCUT2D eigenvalue weighted by molar-refractivity contribution is 6.36. The number of hydrogen-bond acceptors (Lipinski definition) is 5. The second-order valence-corrected chi connectivity index (χ2v) is 7.34. The average molecular weight is 482 g/mol. The fraction of sp³-hybridized carbons (Fsp3) is 0.150. The first-order valence-electron chi connectivity index (χ1n) is 8.81. The van der Waals surface area contributed by atoms with Crippen molar-refractivity contribution in [3.8, 4) is 11.9 Å². The Balaban J connectivity index is 1.84. The SMILES string of the molecule is Cc1c(C(=O)C(C#N)C(=O)Nc2ccc(Cl)cc2Cl)cnn1-c1ccc(C(F)(F)F)cn1. The first-order valence-corrected chi connectivity index (χ1v) is 9.56. The van der Waals surface area contributed by atoms with E-state index in [9.17, 15) is 28.0 Å². The number of anilines is 1. The Morgan fingerprint density at radius 3 is 2.47 bits per heavy atom. The summed E-state index contributed by atoms with van der Waals surface area (Å²) < 4.78 is 39.3. The number of nitriles is 1. The average Bonchev–Trinajstić information content (AvgIpc) is 3.11. The predicted molar refractivity (Wildman–Crippen MR) is 110 cm³/mol. The van der Waals surface area contributed by atoms with E-state index in [0.29, 0.717) is 11.2 Å². The van der Waals surface area contributed by atoms with E-state index in [0.717, 1.165) is 23.0 Å². The molecule has 1 N–H and O–H groups in total. The number of hydrogen-bond donors (Lipinski definition) is 1. The molecule has 2 heterocycles. The highest BCUT2D eigenvalue weighted by Crippen LogP contribution is 2.29. The third-order valence-corrected chi connectivity index (χ3v) is 4.96. The third-order valence-electron chi connectivity index (χ3n) is 4.41. The lowest BCUT2D eigenvalue weighted by atomic mass is 9.98. The van der Waals surface area contributed by atoms with Crippen molar-refractivity contribution in [2.75, 3.05) is 5.32 Å². The van der Waals surface area contributed by atoms with E-state index in [1.165, 1.54) is 25.1 Å².